The highest BCUT2D eigenvalue weighted by Crippen LogP contribution is 2.19. The number of amides is 1. The Morgan fingerprint density at radius 2 is 1.79 bits per heavy atom. The van der Waals surface area contributed by atoms with Crippen molar-refractivity contribution in [3.63, 3.8) is 0 Å². The molecule has 0 saturated carbocycles. The molecule has 3 rings (SSSR count). The fourth-order valence-electron chi connectivity index (χ4n) is 2.97. The number of nitrogens with one attached hydrogen (secondary N) is 1. The molecule has 6 nitrogen and oxygen atoms in total. The molecule has 1 N–H and O–H groups in total. The Morgan fingerprint density at radius 3 is 2.43 bits per heavy atom. The maximum atomic E-state index is 13.1. The van der Waals surface area contributed by atoms with E-state index in [1.165, 1.54) is 0 Å². The van der Waals surface area contributed by atoms with Crippen LogP contribution < -0.4 is 5.32 Å². The van der Waals surface area contributed by atoms with Gasteiger partial charge in [0.15, 0.2) is 5.82 Å². The van der Waals surface area contributed by atoms with E-state index in [-0.39, 0.29) is 5.91 Å². The molecule has 1 amide bonds. The van der Waals surface area contributed by atoms with Gasteiger partial charge in [-0.05, 0) is 25.0 Å². The average Bonchev–Trinajstić information content (AvgIpc) is 3.26. The van der Waals surface area contributed by atoms with Crippen molar-refractivity contribution in [2.75, 3.05) is 18.4 Å². The largest absolute Gasteiger partial charge is 0.467 e. The smallest absolute Gasteiger partial charge is 0.272 e. The van der Waals surface area contributed by atoms with Crippen LogP contribution in [0.1, 0.15) is 42.9 Å². The molecule has 2 heterocycles. The van der Waals surface area contributed by atoms with Gasteiger partial charge in [0, 0.05) is 24.7 Å². The van der Waals surface area contributed by atoms with Crippen molar-refractivity contribution < 1.29 is 9.21 Å². The van der Waals surface area contributed by atoms with Crippen LogP contribution in [0.25, 0.3) is 11.4 Å². The number of hydrogen-bond acceptors (Lipinski definition) is 5. The summed E-state index contributed by atoms with van der Waals surface area (Å²) in [4.78, 5) is 24.1. The van der Waals surface area contributed by atoms with Gasteiger partial charge in [-0.3, -0.25) is 4.79 Å². The second-order valence-electron chi connectivity index (χ2n) is 6.55. The lowest BCUT2D eigenvalue weighted by Gasteiger charge is -2.21. The molecule has 0 atom stereocenters. The average molecular weight is 378 g/mol. The van der Waals surface area contributed by atoms with Gasteiger partial charge in [-0.25, -0.2) is 9.97 Å². The zero-order chi connectivity index (χ0) is 19.8. The number of benzene rings is 1. The van der Waals surface area contributed by atoms with E-state index in [0.717, 1.165) is 24.2 Å². The number of carbonyl (C=O) groups excluding carboxylic acids is 1. The lowest BCUT2D eigenvalue weighted by Crippen LogP contribution is -2.33. The number of hydrogen-bond donors (Lipinski definition) is 1. The molecule has 3 aromatic rings. The number of carbonyl (C=O) groups is 1. The Balaban J connectivity index is 1.93. The summed E-state index contributed by atoms with van der Waals surface area (Å²) < 4.78 is 5.37. The van der Waals surface area contributed by atoms with Crippen LogP contribution in [0.5, 0.6) is 0 Å². The van der Waals surface area contributed by atoms with Crippen LogP contribution in [-0.2, 0) is 6.54 Å². The Hall–Kier alpha value is -3.15. The highest BCUT2D eigenvalue weighted by Gasteiger charge is 2.18. The maximum Gasteiger partial charge on any atom is 0.272 e. The fraction of sp³-hybridized carbons (Fsp3) is 0.318. The molecule has 0 aliphatic heterocycles. The maximum absolute atomic E-state index is 13.1. The van der Waals surface area contributed by atoms with Crippen molar-refractivity contribution in [1.82, 2.24) is 14.9 Å². The summed E-state index contributed by atoms with van der Waals surface area (Å²) in [5.74, 6) is 1.86. The second kappa shape index (κ2) is 9.69. The third-order valence-electron chi connectivity index (χ3n) is 4.28. The Kier molecular flexibility index (Phi) is 6.78. The van der Waals surface area contributed by atoms with Gasteiger partial charge in [0.1, 0.15) is 17.3 Å². The monoisotopic (exact) mass is 378 g/mol. The first-order valence-corrected chi connectivity index (χ1v) is 9.71. The summed E-state index contributed by atoms with van der Waals surface area (Å²) >= 11 is 0. The van der Waals surface area contributed by atoms with Gasteiger partial charge in [0.2, 0.25) is 0 Å². The van der Waals surface area contributed by atoms with E-state index >= 15 is 0 Å². The Morgan fingerprint density at radius 1 is 1.04 bits per heavy atom. The molecule has 146 valence electrons. The molecule has 0 bridgehead atoms. The van der Waals surface area contributed by atoms with Gasteiger partial charge in [0.05, 0.1) is 12.8 Å². The summed E-state index contributed by atoms with van der Waals surface area (Å²) in [5.41, 5.74) is 1.27. The first-order valence-electron chi connectivity index (χ1n) is 9.71. The van der Waals surface area contributed by atoms with Gasteiger partial charge < -0.3 is 14.6 Å². The van der Waals surface area contributed by atoms with Crippen LogP contribution in [0.4, 0.5) is 5.82 Å². The summed E-state index contributed by atoms with van der Waals surface area (Å²) in [7, 11) is 0. The minimum atomic E-state index is -0.0654. The van der Waals surface area contributed by atoms with E-state index in [1.54, 1.807) is 12.3 Å². The highest BCUT2D eigenvalue weighted by molar-refractivity contribution is 5.93. The SMILES string of the molecule is CCCN(CCC)C(=O)c1cc(NCc2ccco2)nc(-c2ccccc2)n1. The standard InChI is InChI=1S/C22H26N4O2/c1-3-12-26(13-4-2)22(27)19-15-20(23-16-18-11-8-14-28-18)25-21(24-19)17-9-6-5-7-10-17/h5-11,14-15H,3-4,12-13,16H2,1-2H3,(H,23,24,25). The van der Waals surface area contributed by atoms with Crippen molar-refractivity contribution in [1.29, 1.82) is 0 Å². The molecule has 0 spiro atoms. The molecule has 6 heteroatoms. The third kappa shape index (κ3) is 4.97. The molecule has 1 aromatic carbocycles. The first-order chi connectivity index (χ1) is 13.7. The van der Waals surface area contributed by atoms with Crippen LogP contribution >= 0.6 is 0 Å². The predicted molar refractivity (Wildman–Crippen MR) is 110 cm³/mol. The van der Waals surface area contributed by atoms with Gasteiger partial charge in [0.25, 0.3) is 5.91 Å². The van der Waals surface area contributed by atoms with Crippen LogP contribution in [0.2, 0.25) is 0 Å². The summed E-state index contributed by atoms with van der Waals surface area (Å²) in [5, 5.41) is 3.24. The lowest BCUT2D eigenvalue weighted by molar-refractivity contribution is 0.0749. The molecule has 0 fully saturated rings. The zero-order valence-corrected chi connectivity index (χ0v) is 16.4. The molecule has 28 heavy (non-hydrogen) atoms. The molecule has 0 radical (unpaired) electrons. The highest BCUT2D eigenvalue weighted by atomic mass is 16.3. The summed E-state index contributed by atoms with van der Waals surface area (Å²) in [6.07, 6.45) is 3.45. The number of nitrogens with zero attached hydrogens (tertiary/aromatic N) is 3. The van der Waals surface area contributed by atoms with Crippen LogP contribution in [-0.4, -0.2) is 33.9 Å². The van der Waals surface area contributed by atoms with Crippen molar-refractivity contribution in [2.24, 2.45) is 0 Å². The van der Waals surface area contributed by atoms with E-state index < -0.39 is 0 Å². The van der Waals surface area contributed by atoms with Crippen LogP contribution in [0.3, 0.4) is 0 Å². The Bertz CT molecular complexity index is 873. The molecule has 0 unspecified atom stereocenters. The van der Waals surface area contributed by atoms with E-state index in [9.17, 15) is 4.79 Å². The topological polar surface area (TPSA) is 71.3 Å². The fourth-order valence-corrected chi connectivity index (χ4v) is 2.97. The minimum Gasteiger partial charge on any atom is -0.467 e. The van der Waals surface area contributed by atoms with Gasteiger partial charge in [-0.15, -0.1) is 0 Å². The Labute approximate surface area is 165 Å². The van der Waals surface area contributed by atoms with Crippen molar-refractivity contribution in [3.05, 3.63) is 66.2 Å². The van der Waals surface area contributed by atoms with E-state index in [0.29, 0.717) is 37.0 Å². The van der Waals surface area contributed by atoms with Crippen LogP contribution in [0.15, 0.2) is 59.2 Å². The summed E-state index contributed by atoms with van der Waals surface area (Å²) in [6, 6.07) is 15.1. The van der Waals surface area contributed by atoms with Crippen molar-refractivity contribution in [2.45, 2.75) is 33.2 Å². The zero-order valence-electron chi connectivity index (χ0n) is 16.4. The molecule has 2 aromatic heterocycles. The molecular formula is C22H26N4O2. The quantitative estimate of drug-likeness (QED) is 0.589. The number of rotatable bonds is 9. The van der Waals surface area contributed by atoms with Crippen molar-refractivity contribution >= 4 is 11.7 Å². The molecular weight excluding hydrogens is 352 g/mol. The molecule has 0 aliphatic carbocycles. The van der Waals surface area contributed by atoms with Crippen LogP contribution in [0, 0.1) is 0 Å². The molecule has 0 saturated heterocycles. The summed E-state index contributed by atoms with van der Waals surface area (Å²) in [6.45, 7) is 6.06. The number of furan rings is 1. The first kappa shape index (κ1) is 19.6. The normalized spacial score (nSPS) is 10.6. The second-order valence-corrected chi connectivity index (χ2v) is 6.55. The van der Waals surface area contributed by atoms with Gasteiger partial charge in [-0.2, -0.15) is 0 Å². The van der Waals surface area contributed by atoms with Gasteiger partial charge >= 0.3 is 0 Å². The minimum absolute atomic E-state index is 0.0654. The number of aromatic nitrogens is 2. The lowest BCUT2D eigenvalue weighted by atomic mass is 10.2. The van der Waals surface area contributed by atoms with E-state index in [1.807, 2.05) is 47.4 Å². The molecule has 0 aliphatic rings. The third-order valence-corrected chi connectivity index (χ3v) is 4.28. The predicted octanol–water partition coefficient (Wildman–Crippen LogP) is 4.61. The van der Waals surface area contributed by atoms with E-state index in [2.05, 4.69) is 29.1 Å². The van der Waals surface area contributed by atoms with Gasteiger partial charge in [-0.1, -0.05) is 44.2 Å². The van der Waals surface area contributed by atoms with Crippen molar-refractivity contribution in [3.8, 4) is 11.4 Å². The van der Waals surface area contributed by atoms with E-state index in [4.69, 9.17) is 4.42 Å². The number of anilines is 1.